The SMILES string of the molecule is COc1ccc(-c2cc(-c3ccc(N(c4ccccc4)c4ccccc4)cc3)cc(-c3ccc(OC)cc3OC)n2)c(OC)c1. The maximum atomic E-state index is 5.77. The highest BCUT2D eigenvalue weighted by Gasteiger charge is 2.17. The highest BCUT2D eigenvalue weighted by atomic mass is 16.5. The van der Waals surface area contributed by atoms with Gasteiger partial charge in [0.05, 0.1) is 39.8 Å². The number of nitrogens with zero attached hydrogens (tertiary/aromatic N) is 2. The van der Waals surface area contributed by atoms with Crippen LogP contribution in [0.5, 0.6) is 23.0 Å². The van der Waals surface area contributed by atoms with Crippen molar-refractivity contribution in [2.75, 3.05) is 33.3 Å². The Labute approximate surface area is 264 Å². The molecule has 6 heteroatoms. The summed E-state index contributed by atoms with van der Waals surface area (Å²) in [5.74, 6) is 2.76. The summed E-state index contributed by atoms with van der Waals surface area (Å²) in [7, 11) is 6.59. The lowest BCUT2D eigenvalue weighted by Crippen LogP contribution is -2.09. The molecule has 0 spiro atoms. The number of anilines is 3. The second-order valence-corrected chi connectivity index (χ2v) is 10.3. The molecule has 0 aliphatic carbocycles. The summed E-state index contributed by atoms with van der Waals surface area (Å²) in [4.78, 5) is 7.35. The highest BCUT2D eigenvalue weighted by Crippen LogP contribution is 2.40. The molecule has 224 valence electrons. The minimum absolute atomic E-state index is 0.670. The van der Waals surface area contributed by atoms with Crippen LogP contribution in [0.4, 0.5) is 17.1 Å². The van der Waals surface area contributed by atoms with Gasteiger partial charge in [0.1, 0.15) is 23.0 Å². The van der Waals surface area contributed by atoms with E-state index in [1.807, 2.05) is 48.5 Å². The summed E-state index contributed by atoms with van der Waals surface area (Å²) in [6, 6.07) is 45.0. The molecule has 0 amide bonds. The number of methoxy groups -OCH3 is 4. The molecule has 0 fully saturated rings. The molecule has 0 N–H and O–H groups in total. The van der Waals surface area contributed by atoms with Crippen molar-refractivity contribution in [1.29, 1.82) is 0 Å². The monoisotopic (exact) mass is 594 g/mol. The van der Waals surface area contributed by atoms with Crippen LogP contribution in [0, 0.1) is 0 Å². The van der Waals surface area contributed by atoms with Crippen LogP contribution in [0.15, 0.2) is 133 Å². The van der Waals surface area contributed by atoms with Crippen molar-refractivity contribution in [1.82, 2.24) is 4.98 Å². The average Bonchev–Trinajstić information content (AvgIpc) is 3.12. The van der Waals surface area contributed by atoms with E-state index >= 15 is 0 Å². The standard InChI is InChI=1S/C39H34N2O4/c1-42-32-19-21-34(38(25-32)44-3)36-23-28(24-37(40-36)35-22-20-33(43-2)26-39(35)45-4)27-15-17-31(18-16-27)41(29-11-7-5-8-12-29)30-13-9-6-10-14-30/h5-26H,1-4H3. The van der Waals surface area contributed by atoms with Crippen LogP contribution in [0.25, 0.3) is 33.6 Å². The van der Waals surface area contributed by atoms with Crippen LogP contribution in [0.3, 0.4) is 0 Å². The number of rotatable bonds is 10. The normalized spacial score (nSPS) is 10.7. The van der Waals surface area contributed by atoms with Crippen molar-refractivity contribution in [3.05, 3.63) is 133 Å². The lowest BCUT2D eigenvalue weighted by molar-refractivity contribution is 0.395. The van der Waals surface area contributed by atoms with Gasteiger partial charge in [0.2, 0.25) is 0 Å². The molecular weight excluding hydrogens is 560 g/mol. The molecule has 0 saturated carbocycles. The third-order valence-corrected chi connectivity index (χ3v) is 7.68. The average molecular weight is 595 g/mol. The Kier molecular flexibility index (Phi) is 8.65. The number of hydrogen-bond acceptors (Lipinski definition) is 6. The predicted octanol–water partition coefficient (Wildman–Crippen LogP) is 9.59. The Balaban J connectivity index is 1.48. The molecule has 1 heterocycles. The third-order valence-electron chi connectivity index (χ3n) is 7.68. The number of pyridine rings is 1. The Morgan fingerprint density at radius 1 is 0.422 bits per heavy atom. The van der Waals surface area contributed by atoms with Crippen LogP contribution in [-0.4, -0.2) is 33.4 Å². The summed E-state index contributed by atoms with van der Waals surface area (Å²) < 4.78 is 22.4. The zero-order valence-electron chi connectivity index (χ0n) is 25.7. The fourth-order valence-corrected chi connectivity index (χ4v) is 5.40. The largest absolute Gasteiger partial charge is 0.497 e. The van der Waals surface area contributed by atoms with Gasteiger partial charge in [0.15, 0.2) is 0 Å². The van der Waals surface area contributed by atoms with E-state index < -0.39 is 0 Å². The van der Waals surface area contributed by atoms with E-state index in [2.05, 4.69) is 89.8 Å². The van der Waals surface area contributed by atoms with E-state index in [0.717, 1.165) is 50.7 Å². The van der Waals surface area contributed by atoms with Crippen molar-refractivity contribution < 1.29 is 18.9 Å². The van der Waals surface area contributed by atoms with Gasteiger partial charge in [0, 0.05) is 40.3 Å². The number of benzene rings is 5. The minimum Gasteiger partial charge on any atom is -0.497 e. The molecule has 45 heavy (non-hydrogen) atoms. The van der Waals surface area contributed by atoms with E-state index in [1.165, 1.54) is 0 Å². The molecule has 6 nitrogen and oxygen atoms in total. The third kappa shape index (κ3) is 6.17. The van der Waals surface area contributed by atoms with Gasteiger partial charge in [-0.05, 0) is 83.9 Å². The van der Waals surface area contributed by atoms with Gasteiger partial charge >= 0.3 is 0 Å². The van der Waals surface area contributed by atoms with Gasteiger partial charge < -0.3 is 23.8 Å². The molecule has 6 aromatic rings. The summed E-state index contributed by atoms with van der Waals surface area (Å²) in [6.07, 6.45) is 0. The maximum absolute atomic E-state index is 5.77. The first-order chi connectivity index (χ1) is 22.1. The summed E-state index contributed by atoms with van der Waals surface area (Å²) >= 11 is 0. The van der Waals surface area contributed by atoms with Crippen molar-refractivity contribution in [2.45, 2.75) is 0 Å². The van der Waals surface area contributed by atoms with Crippen molar-refractivity contribution in [3.63, 3.8) is 0 Å². The molecular formula is C39H34N2O4. The number of ether oxygens (including phenoxy) is 4. The summed E-state index contributed by atoms with van der Waals surface area (Å²) in [5.41, 5.74) is 8.51. The molecule has 0 saturated heterocycles. The molecule has 0 aliphatic heterocycles. The van der Waals surface area contributed by atoms with Crippen LogP contribution in [0.1, 0.15) is 0 Å². The van der Waals surface area contributed by atoms with Gasteiger partial charge in [-0.15, -0.1) is 0 Å². The zero-order valence-corrected chi connectivity index (χ0v) is 25.7. The van der Waals surface area contributed by atoms with Crippen molar-refractivity contribution in [3.8, 4) is 56.6 Å². The summed E-state index contributed by atoms with van der Waals surface area (Å²) in [5, 5.41) is 0. The first kappa shape index (κ1) is 29.3. The van der Waals surface area contributed by atoms with Gasteiger partial charge in [-0.3, -0.25) is 0 Å². The first-order valence-corrected chi connectivity index (χ1v) is 14.6. The van der Waals surface area contributed by atoms with Crippen LogP contribution < -0.4 is 23.8 Å². The van der Waals surface area contributed by atoms with Gasteiger partial charge in [0.25, 0.3) is 0 Å². The van der Waals surface area contributed by atoms with Gasteiger partial charge in [-0.2, -0.15) is 0 Å². The van der Waals surface area contributed by atoms with E-state index in [-0.39, 0.29) is 0 Å². The molecule has 0 atom stereocenters. The van der Waals surface area contributed by atoms with Crippen molar-refractivity contribution in [2.24, 2.45) is 0 Å². The Hall–Kier alpha value is -5.75. The van der Waals surface area contributed by atoms with E-state index in [0.29, 0.717) is 23.0 Å². The molecule has 6 rings (SSSR count). The Bertz CT molecular complexity index is 1780. The smallest absolute Gasteiger partial charge is 0.131 e. The molecule has 5 aromatic carbocycles. The molecule has 0 unspecified atom stereocenters. The molecule has 0 bridgehead atoms. The molecule has 1 aromatic heterocycles. The van der Waals surface area contributed by atoms with Crippen molar-refractivity contribution >= 4 is 17.1 Å². The highest BCUT2D eigenvalue weighted by molar-refractivity contribution is 5.83. The van der Waals surface area contributed by atoms with Crippen LogP contribution in [0.2, 0.25) is 0 Å². The Morgan fingerprint density at radius 3 is 1.29 bits per heavy atom. The van der Waals surface area contributed by atoms with Gasteiger partial charge in [-0.25, -0.2) is 4.98 Å². The van der Waals surface area contributed by atoms with E-state index in [9.17, 15) is 0 Å². The second-order valence-electron chi connectivity index (χ2n) is 10.3. The topological polar surface area (TPSA) is 53.1 Å². The second kappa shape index (κ2) is 13.3. The quantitative estimate of drug-likeness (QED) is 0.157. The minimum atomic E-state index is 0.670. The van der Waals surface area contributed by atoms with E-state index in [4.69, 9.17) is 23.9 Å². The van der Waals surface area contributed by atoms with Crippen LogP contribution in [-0.2, 0) is 0 Å². The number of aromatic nitrogens is 1. The van der Waals surface area contributed by atoms with Crippen LogP contribution >= 0.6 is 0 Å². The lowest BCUT2D eigenvalue weighted by atomic mass is 9.98. The fourth-order valence-electron chi connectivity index (χ4n) is 5.40. The number of hydrogen-bond donors (Lipinski definition) is 0. The summed E-state index contributed by atoms with van der Waals surface area (Å²) in [6.45, 7) is 0. The lowest BCUT2D eigenvalue weighted by Gasteiger charge is -2.25. The zero-order chi connectivity index (χ0) is 31.2. The Morgan fingerprint density at radius 2 is 0.867 bits per heavy atom. The number of para-hydroxylation sites is 2. The predicted molar refractivity (Wildman–Crippen MR) is 181 cm³/mol. The maximum Gasteiger partial charge on any atom is 0.131 e. The molecule has 0 radical (unpaired) electrons. The van der Waals surface area contributed by atoms with Gasteiger partial charge in [-0.1, -0.05) is 48.5 Å². The fraction of sp³-hybridized carbons (Fsp3) is 0.103. The van der Waals surface area contributed by atoms with E-state index in [1.54, 1.807) is 28.4 Å². The molecule has 0 aliphatic rings. The first-order valence-electron chi connectivity index (χ1n) is 14.6.